The number of sulfonamides is 1. The van der Waals surface area contributed by atoms with Crippen molar-refractivity contribution < 1.29 is 17.7 Å². The van der Waals surface area contributed by atoms with Crippen LogP contribution < -0.4 is 5.32 Å². The summed E-state index contributed by atoms with van der Waals surface area (Å²) in [5, 5.41) is 15.3. The Bertz CT molecular complexity index is 961. The van der Waals surface area contributed by atoms with Crippen LogP contribution in [0.2, 0.25) is 0 Å². The number of nitrogens with zero attached hydrogens (tertiary/aromatic N) is 3. The molecule has 0 bridgehead atoms. The fourth-order valence-electron chi connectivity index (χ4n) is 3.00. The summed E-state index contributed by atoms with van der Waals surface area (Å²) in [6.45, 7) is 0.423. The molecule has 0 spiro atoms. The van der Waals surface area contributed by atoms with Crippen molar-refractivity contribution in [1.82, 2.24) is 9.46 Å². The second-order valence-electron chi connectivity index (χ2n) is 6.15. The Morgan fingerprint density at radius 3 is 2.92 bits per heavy atom. The van der Waals surface area contributed by atoms with Crippen molar-refractivity contribution in [2.45, 2.75) is 25.3 Å². The van der Waals surface area contributed by atoms with E-state index in [4.69, 9.17) is 9.78 Å². The lowest BCUT2D eigenvalue weighted by atomic mass is 10.0. The predicted molar refractivity (Wildman–Crippen MR) is 93.8 cm³/mol. The van der Waals surface area contributed by atoms with Crippen molar-refractivity contribution in [2.75, 3.05) is 18.1 Å². The lowest BCUT2D eigenvalue weighted by Gasteiger charge is -2.31. The molecule has 136 valence electrons. The van der Waals surface area contributed by atoms with Gasteiger partial charge in [-0.25, -0.2) is 8.42 Å². The summed E-state index contributed by atoms with van der Waals surface area (Å²) >= 11 is 0. The molecule has 1 aliphatic rings. The summed E-state index contributed by atoms with van der Waals surface area (Å²) in [7, 11) is -3.38. The molecule has 1 atom stereocenters. The third-order valence-electron chi connectivity index (χ3n) is 4.22. The molecule has 1 aromatic carbocycles. The summed E-state index contributed by atoms with van der Waals surface area (Å²) in [6, 6.07) is 9.52. The van der Waals surface area contributed by atoms with Crippen LogP contribution in [0.4, 0.5) is 5.69 Å². The molecule has 0 saturated carbocycles. The van der Waals surface area contributed by atoms with E-state index in [1.54, 1.807) is 24.3 Å². The molecule has 1 aromatic heterocycles. The average molecular weight is 374 g/mol. The van der Waals surface area contributed by atoms with E-state index < -0.39 is 22.0 Å². The number of carbonyl (C=O) groups excluding carboxylic acids is 1. The van der Waals surface area contributed by atoms with Gasteiger partial charge >= 0.3 is 0 Å². The molecule has 0 aliphatic carbocycles. The van der Waals surface area contributed by atoms with Gasteiger partial charge in [-0.3, -0.25) is 4.79 Å². The maximum absolute atomic E-state index is 12.3. The zero-order valence-corrected chi connectivity index (χ0v) is 15.0. The van der Waals surface area contributed by atoms with Crippen LogP contribution in [0.1, 0.15) is 47.1 Å². The lowest BCUT2D eigenvalue weighted by molar-refractivity contribution is 0.101. The number of hydrogen-bond donors (Lipinski definition) is 1. The Morgan fingerprint density at radius 2 is 2.19 bits per heavy atom. The van der Waals surface area contributed by atoms with E-state index in [0.717, 1.165) is 19.1 Å². The van der Waals surface area contributed by atoms with Crippen LogP contribution in [0.5, 0.6) is 0 Å². The van der Waals surface area contributed by atoms with E-state index in [0.29, 0.717) is 30.0 Å². The van der Waals surface area contributed by atoms with Crippen molar-refractivity contribution in [3.63, 3.8) is 0 Å². The maximum Gasteiger partial charge on any atom is 0.277 e. The molecule has 0 radical (unpaired) electrons. The molecule has 1 fully saturated rings. The Morgan fingerprint density at radius 1 is 1.38 bits per heavy atom. The summed E-state index contributed by atoms with van der Waals surface area (Å²) in [6.07, 6.45) is 3.45. The summed E-state index contributed by atoms with van der Waals surface area (Å²) in [5.41, 5.74) is 0.949. The minimum atomic E-state index is -3.38. The van der Waals surface area contributed by atoms with E-state index in [9.17, 15) is 13.2 Å². The predicted octanol–water partition coefficient (Wildman–Crippen LogP) is 2.29. The fourth-order valence-corrected chi connectivity index (χ4v) is 4.13. The third kappa shape index (κ3) is 3.92. The van der Waals surface area contributed by atoms with Gasteiger partial charge in [-0.15, -0.1) is 0 Å². The first-order valence-electron chi connectivity index (χ1n) is 8.13. The molecule has 8 nitrogen and oxygen atoms in total. The molecule has 3 rings (SSSR count). The highest BCUT2D eigenvalue weighted by Crippen LogP contribution is 2.33. The summed E-state index contributed by atoms with van der Waals surface area (Å²) < 4.78 is 30.6. The first kappa shape index (κ1) is 18.1. The van der Waals surface area contributed by atoms with E-state index in [2.05, 4.69) is 10.5 Å². The zero-order chi connectivity index (χ0) is 18.7. The van der Waals surface area contributed by atoms with E-state index in [1.165, 1.54) is 10.4 Å². The van der Waals surface area contributed by atoms with Crippen LogP contribution >= 0.6 is 0 Å². The summed E-state index contributed by atoms with van der Waals surface area (Å²) in [5.74, 6) is -0.136. The van der Waals surface area contributed by atoms with Crippen molar-refractivity contribution in [2.24, 2.45) is 0 Å². The lowest BCUT2D eigenvalue weighted by Crippen LogP contribution is -2.37. The molecular weight excluding hydrogens is 356 g/mol. The number of hydrogen-bond acceptors (Lipinski definition) is 6. The number of anilines is 1. The SMILES string of the molecule is CS(=O)(=O)N1CCCCC1c1cc(C(=O)Nc2cccc(C#N)c2)no1. The number of piperidine rings is 1. The quantitative estimate of drug-likeness (QED) is 0.877. The van der Waals surface area contributed by atoms with E-state index in [1.807, 2.05) is 6.07 Å². The van der Waals surface area contributed by atoms with E-state index in [-0.39, 0.29) is 5.69 Å². The molecule has 1 saturated heterocycles. The van der Waals surface area contributed by atoms with Crippen LogP contribution in [0.3, 0.4) is 0 Å². The van der Waals surface area contributed by atoms with Crippen molar-refractivity contribution in [1.29, 1.82) is 5.26 Å². The molecule has 1 amide bonds. The molecule has 2 heterocycles. The van der Waals surface area contributed by atoms with Crippen LogP contribution in [-0.4, -0.2) is 36.6 Å². The second kappa shape index (κ2) is 7.27. The number of carbonyl (C=O) groups is 1. The monoisotopic (exact) mass is 374 g/mol. The first-order chi connectivity index (χ1) is 12.4. The van der Waals surface area contributed by atoms with E-state index >= 15 is 0 Å². The van der Waals surface area contributed by atoms with Gasteiger partial charge in [-0.1, -0.05) is 17.6 Å². The van der Waals surface area contributed by atoms with Gasteiger partial charge in [0, 0.05) is 18.3 Å². The van der Waals surface area contributed by atoms with Crippen LogP contribution in [0, 0.1) is 11.3 Å². The average Bonchev–Trinajstić information content (AvgIpc) is 3.11. The third-order valence-corrected chi connectivity index (χ3v) is 5.51. The number of nitriles is 1. The Hall–Kier alpha value is -2.70. The number of benzene rings is 1. The first-order valence-corrected chi connectivity index (χ1v) is 9.98. The second-order valence-corrected chi connectivity index (χ2v) is 8.08. The number of nitrogens with one attached hydrogen (secondary N) is 1. The van der Waals surface area contributed by atoms with Gasteiger partial charge in [-0.05, 0) is 31.0 Å². The Balaban J connectivity index is 1.78. The highest BCUT2D eigenvalue weighted by molar-refractivity contribution is 7.88. The van der Waals surface area contributed by atoms with Gasteiger partial charge in [0.15, 0.2) is 11.5 Å². The van der Waals surface area contributed by atoms with Gasteiger partial charge in [-0.2, -0.15) is 9.57 Å². The highest BCUT2D eigenvalue weighted by atomic mass is 32.2. The molecule has 1 aliphatic heterocycles. The van der Waals surface area contributed by atoms with Crippen LogP contribution in [-0.2, 0) is 10.0 Å². The maximum atomic E-state index is 12.3. The molecule has 1 N–H and O–H groups in total. The Kier molecular flexibility index (Phi) is 5.06. The zero-order valence-electron chi connectivity index (χ0n) is 14.2. The largest absolute Gasteiger partial charge is 0.359 e. The minimum Gasteiger partial charge on any atom is -0.359 e. The van der Waals surface area contributed by atoms with Gasteiger partial charge < -0.3 is 9.84 Å². The normalized spacial score (nSPS) is 18.2. The van der Waals surface area contributed by atoms with Crippen molar-refractivity contribution >= 4 is 21.6 Å². The number of rotatable bonds is 4. The van der Waals surface area contributed by atoms with Gasteiger partial charge in [0.05, 0.1) is 23.9 Å². The molecule has 1 unspecified atom stereocenters. The van der Waals surface area contributed by atoms with Gasteiger partial charge in [0.25, 0.3) is 5.91 Å². The van der Waals surface area contributed by atoms with Crippen LogP contribution in [0.15, 0.2) is 34.9 Å². The standard InChI is InChI=1S/C17H18N4O4S/c1-26(23,24)21-8-3-2-7-15(21)16-10-14(20-25-16)17(22)19-13-6-4-5-12(9-13)11-18/h4-6,9-10,15H,2-3,7-8H2,1H3,(H,19,22). The Labute approximate surface area is 151 Å². The molecule has 9 heteroatoms. The number of amides is 1. The minimum absolute atomic E-state index is 0.0568. The molecule has 26 heavy (non-hydrogen) atoms. The van der Waals surface area contributed by atoms with Crippen molar-refractivity contribution in [3.8, 4) is 6.07 Å². The topological polar surface area (TPSA) is 116 Å². The highest BCUT2D eigenvalue weighted by Gasteiger charge is 2.33. The van der Waals surface area contributed by atoms with Gasteiger partial charge in [0.1, 0.15) is 0 Å². The molecular formula is C17H18N4O4S. The molecule has 2 aromatic rings. The van der Waals surface area contributed by atoms with Gasteiger partial charge in [0.2, 0.25) is 10.0 Å². The fraction of sp³-hybridized carbons (Fsp3) is 0.353. The van der Waals surface area contributed by atoms with Crippen LogP contribution in [0.25, 0.3) is 0 Å². The number of aromatic nitrogens is 1. The summed E-state index contributed by atoms with van der Waals surface area (Å²) in [4.78, 5) is 12.3. The van der Waals surface area contributed by atoms with Crippen molar-refractivity contribution in [3.05, 3.63) is 47.3 Å². The smallest absolute Gasteiger partial charge is 0.277 e.